The Hall–Kier alpha value is -0.570. The van der Waals surface area contributed by atoms with E-state index in [1.807, 2.05) is 18.7 Å². The maximum Gasteiger partial charge on any atom is 0.219 e. The molecule has 0 aliphatic rings. The summed E-state index contributed by atoms with van der Waals surface area (Å²) in [6, 6.07) is 0.196. The first-order valence-corrected chi connectivity index (χ1v) is 7.05. The quantitative estimate of drug-likeness (QED) is 0.793. The van der Waals surface area contributed by atoms with Crippen LogP contribution in [0.5, 0.6) is 0 Å². The summed E-state index contributed by atoms with van der Waals surface area (Å²) in [6.07, 6.45) is 2.99. The third-order valence-corrected chi connectivity index (χ3v) is 3.25. The topological polar surface area (TPSA) is 46.3 Å². The smallest absolute Gasteiger partial charge is 0.219 e. The van der Waals surface area contributed by atoms with E-state index in [4.69, 9.17) is 5.73 Å². The Morgan fingerprint density at radius 1 is 1.22 bits per heavy atom. The summed E-state index contributed by atoms with van der Waals surface area (Å²) in [5.74, 6) is 0.160. The Morgan fingerprint density at radius 3 is 2.00 bits per heavy atom. The molecule has 0 fully saturated rings. The minimum Gasteiger partial charge on any atom is -0.339 e. The lowest BCUT2D eigenvalue weighted by atomic mass is 9.78. The van der Waals surface area contributed by atoms with Gasteiger partial charge in [-0.05, 0) is 32.1 Å². The first-order valence-electron chi connectivity index (χ1n) is 7.05. The van der Waals surface area contributed by atoms with E-state index in [1.165, 1.54) is 0 Å². The molecule has 0 rings (SSSR count). The SMILES string of the molecule is CCCCN(C(C)=O)C(CC(C)(C)N)C(C)(C)C. The second-order valence-electron chi connectivity index (χ2n) is 7.14. The predicted molar refractivity (Wildman–Crippen MR) is 78.4 cm³/mol. The van der Waals surface area contributed by atoms with Gasteiger partial charge in [-0.15, -0.1) is 0 Å². The molecule has 108 valence electrons. The number of carbonyl (C=O) groups excluding carboxylic acids is 1. The number of carbonyl (C=O) groups is 1. The van der Waals surface area contributed by atoms with Crippen molar-refractivity contribution in [3.8, 4) is 0 Å². The van der Waals surface area contributed by atoms with Crippen molar-refractivity contribution in [3.63, 3.8) is 0 Å². The molecule has 3 heteroatoms. The van der Waals surface area contributed by atoms with Gasteiger partial charge in [0.15, 0.2) is 0 Å². The molecule has 0 heterocycles. The Labute approximate surface area is 113 Å². The highest BCUT2D eigenvalue weighted by atomic mass is 16.2. The molecule has 0 aliphatic heterocycles. The van der Waals surface area contributed by atoms with E-state index >= 15 is 0 Å². The first-order chi connectivity index (χ1) is 7.99. The zero-order chi connectivity index (χ0) is 14.6. The summed E-state index contributed by atoms with van der Waals surface area (Å²) in [5.41, 5.74) is 5.96. The van der Waals surface area contributed by atoms with Crippen LogP contribution in [0.25, 0.3) is 0 Å². The van der Waals surface area contributed by atoms with Crippen LogP contribution in [0.2, 0.25) is 0 Å². The van der Waals surface area contributed by atoms with Crippen molar-refractivity contribution in [2.45, 2.75) is 79.3 Å². The second-order valence-corrected chi connectivity index (χ2v) is 7.14. The maximum absolute atomic E-state index is 11.9. The van der Waals surface area contributed by atoms with Gasteiger partial charge in [-0.3, -0.25) is 4.79 Å². The summed E-state index contributed by atoms with van der Waals surface area (Å²) >= 11 is 0. The third kappa shape index (κ3) is 6.39. The normalized spacial score (nSPS) is 14.4. The van der Waals surface area contributed by atoms with E-state index in [0.29, 0.717) is 0 Å². The molecule has 3 nitrogen and oxygen atoms in total. The van der Waals surface area contributed by atoms with Gasteiger partial charge in [-0.2, -0.15) is 0 Å². The summed E-state index contributed by atoms with van der Waals surface area (Å²) in [7, 11) is 0. The van der Waals surface area contributed by atoms with Crippen LogP contribution in [-0.2, 0) is 4.79 Å². The standard InChI is InChI=1S/C15H32N2O/c1-8-9-10-17(12(2)18)13(14(3,4)5)11-15(6,7)16/h13H,8-11,16H2,1-7H3. The van der Waals surface area contributed by atoms with Gasteiger partial charge in [0.2, 0.25) is 5.91 Å². The van der Waals surface area contributed by atoms with E-state index in [0.717, 1.165) is 25.8 Å². The third-order valence-electron chi connectivity index (χ3n) is 3.25. The Balaban J connectivity index is 5.05. The molecule has 18 heavy (non-hydrogen) atoms. The molecule has 0 aliphatic carbocycles. The molecule has 0 aromatic rings. The van der Waals surface area contributed by atoms with Crippen molar-refractivity contribution < 1.29 is 4.79 Å². The van der Waals surface area contributed by atoms with Crippen LogP contribution >= 0.6 is 0 Å². The van der Waals surface area contributed by atoms with Crippen molar-refractivity contribution in [2.75, 3.05) is 6.54 Å². The van der Waals surface area contributed by atoms with Crippen molar-refractivity contribution in [1.29, 1.82) is 0 Å². The number of rotatable bonds is 6. The summed E-state index contributed by atoms with van der Waals surface area (Å²) in [4.78, 5) is 13.9. The van der Waals surface area contributed by atoms with Crippen LogP contribution in [-0.4, -0.2) is 28.9 Å². The molecular formula is C15H32N2O. The zero-order valence-corrected chi connectivity index (χ0v) is 13.3. The van der Waals surface area contributed by atoms with Gasteiger partial charge in [-0.25, -0.2) is 0 Å². The number of hydrogen-bond donors (Lipinski definition) is 1. The van der Waals surface area contributed by atoms with Crippen molar-refractivity contribution in [1.82, 2.24) is 4.90 Å². The molecule has 1 amide bonds. The average Bonchev–Trinajstić information content (AvgIpc) is 2.12. The molecule has 0 spiro atoms. The highest BCUT2D eigenvalue weighted by Crippen LogP contribution is 2.30. The minimum absolute atomic E-state index is 0.0516. The molecule has 0 saturated heterocycles. The van der Waals surface area contributed by atoms with E-state index in [9.17, 15) is 4.79 Å². The molecule has 0 aromatic carbocycles. The van der Waals surface area contributed by atoms with Crippen molar-refractivity contribution in [2.24, 2.45) is 11.1 Å². The van der Waals surface area contributed by atoms with Gasteiger partial charge >= 0.3 is 0 Å². The lowest BCUT2D eigenvalue weighted by molar-refractivity contribution is -0.134. The molecule has 1 atom stereocenters. The van der Waals surface area contributed by atoms with Gasteiger partial charge in [-0.1, -0.05) is 34.1 Å². The summed E-state index contributed by atoms with van der Waals surface area (Å²) in [5, 5.41) is 0. The van der Waals surface area contributed by atoms with E-state index < -0.39 is 0 Å². The first kappa shape index (κ1) is 17.4. The number of amides is 1. The average molecular weight is 256 g/mol. The van der Waals surface area contributed by atoms with E-state index in [2.05, 4.69) is 27.7 Å². The van der Waals surface area contributed by atoms with Crippen molar-refractivity contribution in [3.05, 3.63) is 0 Å². The Morgan fingerprint density at radius 2 is 1.72 bits per heavy atom. The van der Waals surface area contributed by atoms with Crippen LogP contribution in [0.1, 0.15) is 67.7 Å². The number of nitrogens with two attached hydrogens (primary N) is 1. The van der Waals surface area contributed by atoms with Crippen molar-refractivity contribution >= 4 is 5.91 Å². The van der Waals surface area contributed by atoms with Gasteiger partial charge in [0.05, 0.1) is 0 Å². The van der Waals surface area contributed by atoms with Crippen LogP contribution in [0.4, 0.5) is 0 Å². The molecule has 1 unspecified atom stereocenters. The lowest BCUT2D eigenvalue weighted by Gasteiger charge is -2.43. The molecule has 2 N–H and O–H groups in total. The fourth-order valence-electron chi connectivity index (χ4n) is 2.24. The molecule has 0 aromatic heterocycles. The number of nitrogens with zero attached hydrogens (tertiary/aromatic N) is 1. The van der Waals surface area contributed by atoms with Gasteiger partial charge in [0, 0.05) is 25.0 Å². The maximum atomic E-state index is 11.9. The summed E-state index contributed by atoms with van der Waals surface area (Å²) in [6.45, 7) is 15.3. The zero-order valence-electron chi connectivity index (χ0n) is 13.3. The van der Waals surface area contributed by atoms with Crippen LogP contribution in [0, 0.1) is 5.41 Å². The van der Waals surface area contributed by atoms with Crippen LogP contribution in [0.15, 0.2) is 0 Å². The molecule has 0 radical (unpaired) electrons. The molecule has 0 bridgehead atoms. The fourth-order valence-corrected chi connectivity index (χ4v) is 2.24. The number of hydrogen-bond acceptors (Lipinski definition) is 2. The van der Waals surface area contributed by atoms with Gasteiger partial charge < -0.3 is 10.6 Å². The Kier molecular flexibility index (Phi) is 6.35. The summed E-state index contributed by atoms with van der Waals surface area (Å²) < 4.78 is 0. The lowest BCUT2D eigenvalue weighted by Crippen LogP contribution is -2.52. The highest BCUT2D eigenvalue weighted by molar-refractivity contribution is 5.73. The molecular weight excluding hydrogens is 224 g/mol. The van der Waals surface area contributed by atoms with Gasteiger partial charge in [0.1, 0.15) is 0 Å². The van der Waals surface area contributed by atoms with E-state index in [-0.39, 0.29) is 22.9 Å². The second kappa shape index (κ2) is 6.55. The predicted octanol–water partition coefficient (Wildman–Crippen LogP) is 3.18. The van der Waals surface area contributed by atoms with E-state index in [1.54, 1.807) is 6.92 Å². The fraction of sp³-hybridized carbons (Fsp3) is 0.933. The largest absolute Gasteiger partial charge is 0.339 e. The highest BCUT2D eigenvalue weighted by Gasteiger charge is 2.34. The van der Waals surface area contributed by atoms with Crippen LogP contribution in [0.3, 0.4) is 0 Å². The Bertz CT molecular complexity index is 261. The minimum atomic E-state index is -0.252. The molecule has 0 saturated carbocycles. The van der Waals surface area contributed by atoms with Crippen LogP contribution < -0.4 is 5.73 Å². The van der Waals surface area contributed by atoms with Gasteiger partial charge in [0.25, 0.3) is 0 Å². The number of unbranched alkanes of at least 4 members (excludes halogenated alkanes) is 1. The monoisotopic (exact) mass is 256 g/mol.